The molecule has 1 aromatic carbocycles. The van der Waals surface area contributed by atoms with Gasteiger partial charge < -0.3 is 10.6 Å². The number of carbonyl (C=O) groups excluding carboxylic acids is 1. The molecule has 0 atom stereocenters. The molecule has 1 fully saturated rings. The zero-order valence-corrected chi connectivity index (χ0v) is 15.4. The predicted octanol–water partition coefficient (Wildman–Crippen LogP) is 1.31. The fourth-order valence-electron chi connectivity index (χ4n) is 2.72. The van der Waals surface area contributed by atoms with E-state index in [0.717, 1.165) is 11.3 Å². The first-order valence-electron chi connectivity index (χ1n) is 8.39. The van der Waals surface area contributed by atoms with Crippen LogP contribution in [0.15, 0.2) is 48.7 Å². The van der Waals surface area contributed by atoms with Gasteiger partial charge in [0.15, 0.2) is 0 Å². The van der Waals surface area contributed by atoms with Crippen molar-refractivity contribution < 1.29 is 13.2 Å². The smallest absolute Gasteiger partial charge is 0.270 e. The number of amides is 1. The Balaban J connectivity index is 1.49. The van der Waals surface area contributed by atoms with Crippen molar-refractivity contribution in [3.05, 3.63) is 59.9 Å². The highest BCUT2D eigenvalue weighted by molar-refractivity contribution is 7.88. The molecule has 0 bridgehead atoms. The van der Waals surface area contributed by atoms with Crippen molar-refractivity contribution in [3.8, 4) is 0 Å². The van der Waals surface area contributed by atoms with Crippen LogP contribution in [0.2, 0.25) is 0 Å². The number of benzene rings is 1. The van der Waals surface area contributed by atoms with Gasteiger partial charge in [0, 0.05) is 44.0 Å². The van der Waals surface area contributed by atoms with Crippen LogP contribution in [0, 0.1) is 5.92 Å². The molecule has 1 aliphatic heterocycles. The van der Waals surface area contributed by atoms with Gasteiger partial charge in [-0.05, 0) is 17.7 Å². The zero-order valence-electron chi connectivity index (χ0n) is 14.6. The fourth-order valence-corrected chi connectivity index (χ4v) is 3.68. The summed E-state index contributed by atoms with van der Waals surface area (Å²) in [6, 6.07) is 13.2. The third kappa shape index (κ3) is 4.80. The number of sulfonamides is 1. The maximum atomic E-state index is 12.3. The van der Waals surface area contributed by atoms with Gasteiger partial charge in [0.1, 0.15) is 5.69 Å². The first kappa shape index (κ1) is 18.3. The van der Waals surface area contributed by atoms with Gasteiger partial charge >= 0.3 is 0 Å². The van der Waals surface area contributed by atoms with Gasteiger partial charge in [0.05, 0.1) is 6.26 Å². The molecule has 1 saturated heterocycles. The summed E-state index contributed by atoms with van der Waals surface area (Å²) < 4.78 is 24.2. The van der Waals surface area contributed by atoms with Crippen molar-refractivity contribution in [2.45, 2.75) is 6.54 Å². The maximum absolute atomic E-state index is 12.3. The van der Waals surface area contributed by atoms with Crippen LogP contribution in [0.3, 0.4) is 0 Å². The number of anilines is 1. The Morgan fingerprint density at radius 1 is 1.23 bits per heavy atom. The lowest BCUT2D eigenvalue weighted by Gasteiger charge is -2.37. The van der Waals surface area contributed by atoms with E-state index in [4.69, 9.17) is 0 Å². The van der Waals surface area contributed by atoms with Crippen molar-refractivity contribution in [1.29, 1.82) is 0 Å². The molecule has 8 heteroatoms. The Hall–Kier alpha value is -2.45. The minimum Gasteiger partial charge on any atom is -0.385 e. The number of pyridine rings is 1. The topological polar surface area (TPSA) is 91.4 Å². The lowest BCUT2D eigenvalue weighted by molar-refractivity contribution is 0.0946. The molecule has 26 heavy (non-hydrogen) atoms. The van der Waals surface area contributed by atoms with Crippen molar-refractivity contribution in [2.24, 2.45) is 5.92 Å². The summed E-state index contributed by atoms with van der Waals surface area (Å²) in [6.07, 6.45) is 2.81. The summed E-state index contributed by atoms with van der Waals surface area (Å²) >= 11 is 0. The molecule has 7 nitrogen and oxygen atoms in total. The summed E-state index contributed by atoms with van der Waals surface area (Å²) in [5.74, 6) is 0.0395. The summed E-state index contributed by atoms with van der Waals surface area (Å²) in [7, 11) is -3.09. The second-order valence-electron chi connectivity index (χ2n) is 6.42. The second-order valence-corrected chi connectivity index (χ2v) is 8.41. The summed E-state index contributed by atoms with van der Waals surface area (Å²) in [4.78, 5) is 16.4. The van der Waals surface area contributed by atoms with Gasteiger partial charge in [0.2, 0.25) is 10.0 Å². The highest BCUT2D eigenvalue weighted by atomic mass is 32.2. The standard InChI is InChI=1S/C18H22N4O3S/c1-26(24,25)22-12-15(13-22)11-20-16-7-8-19-17(9-16)18(23)21-10-14-5-3-2-4-6-14/h2-9,15H,10-13H2,1H3,(H,19,20)(H,21,23). The Morgan fingerprint density at radius 3 is 2.65 bits per heavy atom. The third-order valence-electron chi connectivity index (χ3n) is 4.28. The Kier molecular flexibility index (Phi) is 5.53. The first-order valence-corrected chi connectivity index (χ1v) is 10.2. The van der Waals surface area contributed by atoms with Crippen LogP contribution in [-0.2, 0) is 16.6 Å². The van der Waals surface area contributed by atoms with Crippen LogP contribution >= 0.6 is 0 Å². The van der Waals surface area contributed by atoms with Crippen molar-refractivity contribution in [2.75, 3.05) is 31.2 Å². The Bertz CT molecular complexity index is 865. The third-order valence-corrected chi connectivity index (χ3v) is 5.51. The van der Waals surface area contributed by atoms with E-state index in [1.165, 1.54) is 10.6 Å². The van der Waals surface area contributed by atoms with E-state index < -0.39 is 10.0 Å². The molecule has 1 amide bonds. The van der Waals surface area contributed by atoms with Crippen LogP contribution < -0.4 is 10.6 Å². The van der Waals surface area contributed by atoms with Crippen LogP contribution in [0.1, 0.15) is 16.1 Å². The van der Waals surface area contributed by atoms with Gasteiger partial charge in [-0.1, -0.05) is 30.3 Å². The SMILES string of the molecule is CS(=O)(=O)N1CC(CNc2ccnc(C(=O)NCc3ccccc3)c2)C1. The van der Waals surface area contributed by atoms with Gasteiger partial charge in [-0.3, -0.25) is 9.78 Å². The van der Waals surface area contributed by atoms with Crippen molar-refractivity contribution in [3.63, 3.8) is 0 Å². The molecule has 2 heterocycles. The van der Waals surface area contributed by atoms with E-state index in [1.54, 1.807) is 18.3 Å². The van der Waals surface area contributed by atoms with Crippen LogP contribution in [0.4, 0.5) is 5.69 Å². The molecule has 1 aliphatic rings. The fraction of sp³-hybridized carbons (Fsp3) is 0.333. The lowest BCUT2D eigenvalue weighted by atomic mass is 10.0. The number of rotatable bonds is 7. The van der Waals surface area contributed by atoms with Gasteiger partial charge in [-0.25, -0.2) is 12.7 Å². The average Bonchev–Trinajstić information content (AvgIpc) is 2.58. The number of aromatic nitrogens is 1. The van der Waals surface area contributed by atoms with Gasteiger partial charge in [-0.15, -0.1) is 0 Å². The molecule has 2 aromatic rings. The van der Waals surface area contributed by atoms with Crippen molar-refractivity contribution in [1.82, 2.24) is 14.6 Å². The first-order chi connectivity index (χ1) is 12.4. The molecular formula is C18H22N4O3S. The highest BCUT2D eigenvalue weighted by Crippen LogP contribution is 2.19. The summed E-state index contributed by atoms with van der Waals surface area (Å²) in [5.41, 5.74) is 2.16. The molecule has 0 spiro atoms. The number of carbonyl (C=O) groups is 1. The molecule has 0 unspecified atom stereocenters. The number of hydrogen-bond acceptors (Lipinski definition) is 5. The monoisotopic (exact) mass is 374 g/mol. The number of hydrogen-bond donors (Lipinski definition) is 2. The predicted molar refractivity (Wildman–Crippen MR) is 100 cm³/mol. The lowest BCUT2D eigenvalue weighted by Crippen LogP contribution is -2.51. The molecular weight excluding hydrogens is 352 g/mol. The largest absolute Gasteiger partial charge is 0.385 e. The van der Waals surface area contributed by atoms with Gasteiger partial charge in [-0.2, -0.15) is 0 Å². The molecule has 0 radical (unpaired) electrons. The zero-order chi connectivity index (χ0) is 18.6. The minimum atomic E-state index is -3.09. The quantitative estimate of drug-likeness (QED) is 0.763. The van der Waals surface area contributed by atoms with E-state index in [2.05, 4.69) is 15.6 Å². The summed E-state index contributed by atoms with van der Waals surface area (Å²) in [5, 5.41) is 6.10. The number of nitrogens with one attached hydrogen (secondary N) is 2. The van der Waals surface area contributed by atoms with E-state index >= 15 is 0 Å². The Labute approximate surface area is 153 Å². The van der Waals surface area contributed by atoms with Crippen LogP contribution in [0.25, 0.3) is 0 Å². The van der Waals surface area contributed by atoms with Gasteiger partial charge in [0.25, 0.3) is 5.91 Å². The molecule has 0 aliphatic carbocycles. The van der Waals surface area contributed by atoms with E-state index in [9.17, 15) is 13.2 Å². The maximum Gasteiger partial charge on any atom is 0.270 e. The molecule has 2 N–H and O–H groups in total. The van der Waals surface area contributed by atoms with Crippen molar-refractivity contribution >= 4 is 21.6 Å². The molecule has 0 saturated carbocycles. The van der Waals surface area contributed by atoms with E-state index in [-0.39, 0.29) is 11.8 Å². The molecule has 1 aromatic heterocycles. The average molecular weight is 374 g/mol. The number of nitrogens with zero attached hydrogens (tertiary/aromatic N) is 2. The molecule has 138 valence electrons. The summed E-state index contributed by atoms with van der Waals surface area (Å²) in [6.45, 7) is 2.16. The van der Waals surface area contributed by atoms with E-state index in [0.29, 0.717) is 31.9 Å². The highest BCUT2D eigenvalue weighted by Gasteiger charge is 2.32. The minimum absolute atomic E-state index is 0.232. The van der Waals surface area contributed by atoms with Crippen LogP contribution in [-0.4, -0.2) is 49.5 Å². The second kappa shape index (κ2) is 7.84. The van der Waals surface area contributed by atoms with E-state index in [1.807, 2.05) is 30.3 Å². The van der Waals surface area contributed by atoms with Crippen LogP contribution in [0.5, 0.6) is 0 Å². The molecule has 3 rings (SSSR count). The normalized spacial score (nSPS) is 15.3. The Morgan fingerprint density at radius 2 is 1.96 bits per heavy atom.